The molecule has 0 aliphatic heterocycles. The standard InChI is InChI=1S/C19H18N4O3S/c1-12-9-16(21-22(12)2)18(24)23(11-14-5-4-8-26-14)19-20-15-10-13(25-3)6-7-17(15)27-19/h4-10H,11H2,1-3H3. The summed E-state index contributed by atoms with van der Waals surface area (Å²) >= 11 is 1.44. The van der Waals surface area contributed by atoms with Gasteiger partial charge < -0.3 is 9.15 Å². The molecule has 0 bridgehead atoms. The first-order chi connectivity index (χ1) is 13.0. The van der Waals surface area contributed by atoms with Gasteiger partial charge in [-0.25, -0.2) is 4.98 Å². The fourth-order valence-electron chi connectivity index (χ4n) is 2.73. The van der Waals surface area contributed by atoms with Crippen LogP contribution < -0.4 is 9.64 Å². The summed E-state index contributed by atoms with van der Waals surface area (Å²) in [4.78, 5) is 19.4. The second-order valence-electron chi connectivity index (χ2n) is 6.10. The maximum Gasteiger partial charge on any atom is 0.280 e. The molecule has 1 aromatic carbocycles. The van der Waals surface area contributed by atoms with Gasteiger partial charge >= 0.3 is 0 Å². The Labute approximate surface area is 159 Å². The van der Waals surface area contributed by atoms with Crippen LogP contribution in [0.2, 0.25) is 0 Å². The van der Waals surface area contributed by atoms with Crippen molar-refractivity contribution in [1.29, 1.82) is 0 Å². The molecule has 3 aromatic heterocycles. The lowest BCUT2D eigenvalue weighted by Crippen LogP contribution is -2.30. The monoisotopic (exact) mass is 382 g/mol. The van der Waals surface area contributed by atoms with E-state index in [-0.39, 0.29) is 12.5 Å². The molecule has 4 aromatic rings. The van der Waals surface area contributed by atoms with Crippen molar-refractivity contribution in [2.24, 2.45) is 7.05 Å². The maximum atomic E-state index is 13.2. The van der Waals surface area contributed by atoms with Crippen LogP contribution in [0, 0.1) is 6.92 Å². The molecule has 0 spiro atoms. The van der Waals surface area contributed by atoms with Gasteiger partial charge in [-0.3, -0.25) is 14.4 Å². The van der Waals surface area contributed by atoms with Gasteiger partial charge in [0.2, 0.25) is 0 Å². The van der Waals surface area contributed by atoms with Gasteiger partial charge in [0.1, 0.15) is 11.5 Å². The number of carbonyl (C=O) groups excluding carboxylic acids is 1. The number of benzene rings is 1. The number of fused-ring (bicyclic) bond motifs is 1. The number of amides is 1. The number of aryl methyl sites for hydroxylation is 2. The quantitative estimate of drug-likeness (QED) is 0.525. The summed E-state index contributed by atoms with van der Waals surface area (Å²) in [5, 5.41) is 4.90. The van der Waals surface area contributed by atoms with Gasteiger partial charge in [0.25, 0.3) is 5.91 Å². The summed E-state index contributed by atoms with van der Waals surface area (Å²) in [5.74, 6) is 1.18. The topological polar surface area (TPSA) is 73.4 Å². The largest absolute Gasteiger partial charge is 0.497 e. The molecule has 27 heavy (non-hydrogen) atoms. The number of hydrogen-bond donors (Lipinski definition) is 0. The van der Waals surface area contributed by atoms with Gasteiger partial charge in [-0.15, -0.1) is 0 Å². The first kappa shape index (κ1) is 17.3. The van der Waals surface area contributed by atoms with Crippen LogP contribution >= 0.6 is 11.3 Å². The lowest BCUT2D eigenvalue weighted by Gasteiger charge is -2.17. The summed E-state index contributed by atoms with van der Waals surface area (Å²) in [6.07, 6.45) is 1.59. The van der Waals surface area contributed by atoms with Gasteiger partial charge in [0, 0.05) is 18.8 Å². The number of thiazole rings is 1. The van der Waals surface area contributed by atoms with E-state index >= 15 is 0 Å². The van der Waals surface area contributed by atoms with Gasteiger partial charge in [-0.05, 0) is 37.3 Å². The molecule has 0 aliphatic carbocycles. The molecule has 4 rings (SSSR count). The first-order valence-electron chi connectivity index (χ1n) is 8.34. The van der Waals surface area contributed by atoms with Crippen LogP contribution in [0.3, 0.4) is 0 Å². The SMILES string of the molecule is COc1ccc2sc(N(Cc3ccco3)C(=O)c3cc(C)n(C)n3)nc2c1. The third-order valence-corrected chi connectivity index (χ3v) is 5.35. The normalized spacial score (nSPS) is 11.1. The minimum atomic E-state index is -0.221. The van der Waals surface area contributed by atoms with Crippen LogP contribution in [-0.4, -0.2) is 27.8 Å². The van der Waals surface area contributed by atoms with Gasteiger partial charge in [-0.2, -0.15) is 5.10 Å². The van der Waals surface area contributed by atoms with Crippen LogP contribution in [0.15, 0.2) is 47.1 Å². The highest BCUT2D eigenvalue weighted by molar-refractivity contribution is 7.22. The van der Waals surface area contributed by atoms with Crippen molar-refractivity contribution >= 4 is 32.6 Å². The molecule has 1 amide bonds. The molecular weight excluding hydrogens is 364 g/mol. The highest BCUT2D eigenvalue weighted by Crippen LogP contribution is 2.32. The Hall–Kier alpha value is -3.13. The van der Waals surface area contributed by atoms with Crippen molar-refractivity contribution in [3.63, 3.8) is 0 Å². The van der Waals surface area contributed by atoms with E-state index < -0.39 is 0 Å². The van der Waals surface area contributed by atoms with E-state index in [1.165, 1.54) is 11.3 Å². The zero-order valence-corrected chi connectivity index (χ0v) is 16.0. The third-order valence-electron chi connectivity index (χ3n) is 4.29. The number of rotatable bonds is 5. The van der Waals surface area contributed by atoms with E-state index in [1.54, 1.807) is 35.1 Å². The average molecular weight is 382 g/mol. The maximum absolute atomic E-state index is 13.2. The molecule has 0 radical (unpaired) electrons. The lowest BCUT2D eigenvalue weighted by atomic mass is 10.3. The molecule has 7 nitrogen and oxygen atoms in total. The van der Waals surface area contributed by atoms with E-state index in [4.69, 9.17) is 9.15 Å². The Morgan fingerprint density at radius 1 is 1.33 bits per heavy atom. The number of furan rings is 1. The summed E-state index contributed by atoms with van der Waals surface area (Å²) in [6, 6.07) is 11.1. The molecule has 0 unspecified atom stereocenters. The summed E-state index contributed by atoms with van der Waals surface area (Å²) in [7, 11) is 3.43. The molecular formula is C19H18N4O3S. The predicted octanol–water partition coefficient (Wildman–Crippen LogP) is 3.79. The average Bonchev–Trinajstić information content (AvgIpc) is 3.39. The Kier molecular flexibility index (Phi) is 4.41. The van der Waals surface area contributed by atoms with Crippen LogP contribution in [0.1, 0.15) is 21.9 Å². The van der Waals surface area contributed by atoms with Gasteiger partial charge in [0.15, 0.2) is 10.8 Å². The number of anilines is 1. The van der Waals surface area contributed by atoms with Crippen molar-refractivity contribution in [3.05, 3.63) is 59.8 Å². The summed E-state index contributed by atoms with van der Waals surface area (Å²) in [5.41, 5.74) is 2.06. The molecule has 0 aliphatic rings. The van der Waals surface area contributed by atoms with E-state index in [2.05, 4.69) is 10.1 Å². The number of aromatic nitrogens is 3. The molecule has 8 heteroatoms. The molecule has 0 N–H and O–H groups in total. The van der Waals surface area contributed by atoms with Crippen molar-refractivity contribution in [2.75, 3.05) is 12.0 Å². The zero-order chi connectivity index (χ0) is 19.0. The third kappa shape index (κ3) is 3.31. The minimum absolute atomic E-state index is 0.221. The van der Waals surface area contributed by atoms with Crippen LogP contribution in [0.5, 0.6) is 5.75 Å². The number of nitrogens with zero attached hydrogens (tertiary/aromatic N) is 4. The van der Waals surface area contributed by atoms with Crippen LogP contribution in [0.25, 0.3) is 10.2 Å². The smallest absolute Gasteiger partial charge is 0.280 e. The Bertz CT molecular complexity index is 1080. The fourth-order valence-corrected chi connectivity index (χ4v) is 3.67. The van der Waals surface area contributed by atoms with Crippen molar-refractivity contribution < 1.29 is 13.9 Å². The molecule has 3 heterocycles. The molecule has 0 atom stereocenters. The predicted molar refractivity (Wildman–Crippen MR) is 103 cm³/mol. The first-order valence-corrected chi connectivity index (χ1v) is 9.16. The molecule has 138 valence electrons. The van der Waals surface area contributed by atoms with Crippen LogP contribution in [0.4, 0.5) is 5.13 Å². The number of ether oxygens (including phenoxy) is 1. The van der Waals surface area contributed by atoms with E-state index in [0.29, 0.717) is 16.6 Å². The number of methoxy groups -OCH3 is 1. The van der Waals surface area contributed by atoms with Crippen molar-refractivity contribution in [2.45, 2.75) is 13.5 Å². The number of hydrogen-bond acceptors (Lipinski definition) is 6. The van der Waals surface area contributed by atoms with Gasteiger partial charge in [-0.1, -0.05) is 11.3 Å². The Morgan fingerprint density at radius 2 is 2.19 bits per heavy atom. The molecule has 0 saturated carbocycles. The molecule has 0 saturated heterocycles. The second-order valence-corrected chi connectivity index (χ2v) is 7.10. The van der Waals surface area contributed by atoms with E-state index in [1.807, 2.05) is 38.2 Å². The lowest BCUT2D eigenvalue weighted by molar-refractivity contribution is 0.0977. The van der Waals surface area contributed by atoms with E-state index in [0.717, 1.165) is 21.7 Å². The molecule has 0 fully saturated rings. The van der Waals surface area contributed by atoms with E-state index in [9.17, 15) is 4.79 Å². The Balaban J connectivity index is 1.76. The second kappa shape index (κ2) is 6.88. The Morgan fingerprint density at radius 3 is 2.85 bits per heavy atom. The minimum Gasteiger partial charge on any atom is -0.497 e. The van der Waals surface area contributed by atoms with Crippen molar-refractivity contribution in [1.82, 2.24) is 14.8 Å². The number of carbonyl (C=O) groups is 1. The summed E-state index contributed by atoms with van der Waals surface area (Å²) < 4.78 is 13.4. The highest BCUT2D eigenvalue weighted by atomic mass is 32.1. The fraction of sp³-hybridized carbons (Fsp3) is 0.211. The van der Waals surface area contributed by atoms with Crippen LogP contribution in [-0.2, 0) is 13.6 Å². The zero-order valence-electron chi connectivity index (χ0n) is 15.2. The van der Waals surface area contributed by atoms with Gasteiger partial charge in [0.05, 0.1) is 30.1 Å². The van der Waals surface area contributed by atoms with Crippen molar-refractivity contribution in [3.8, 4) is 5.75 Å². The highest BCUT2D eigenvalue weighted by Gasteiger charge is 2.25. The summed E-state index contributed by atoms with van der Waals surface area (Å²) in [6.45, 7) is 2.18.